The van der Waals surface area contributed by atoms with Crippen molar-refractivity contribution in [1.29, 1.82) is 0 Å². The number of hydrogen-bond acceptors (Lipinski definition) is 2. The minimum absolute atomic E-state index is 0.0318. The Labute approximate surface area is 100 Å². The Kier molecular flexibility index (Phi) is 3.26. The van der Waals surface area contributed by atoms with Crippen molar-refractivity contribution in [2.24, 2.45) is 5.16 Å². The van der Waals surface area contributed by atoms with Crippen molar-refractivity contribution in [2.75, 3.05) is 5.33 Å². The first-order chi connectivity index (χ1) is 7.22. The Morgan fingerprint density at radius 3 is 3.00 bits per heavy atom. The second-order valence-electron chi connectivity index (χ2n) is 3.22. The minimum Gasteiger partial charge on any atom is -0.391 e. The van der Waals surface area contributed by atoms with Crippen molar-refractivity contribution in [3.63, 3.8) is 0 Å². The fraction of sp³-hybridized carbons (Fsp3) is 0.300. The molecule has 0 spiro atoms. The maximum atomic E-state index is 13.5. The summed E-state index contributed by atoms with van der Waals surface area (Å²) in [4.78, 5) is 5.09. The highest BCUT2D eigenvalue weighted by Gasteiger charge is 2.24. The monoisotopic (exact) mass is 291 g/mol. The van der Waals surface area contributed by atoms with Gasteiger partial charge in [-0.15, -0.1) is 0 Å². The summed E-state index contributed by atoms with van der Waals surface area (Å²) < 4.78 is 13.5. The molecule has 0 saturated carbocycles. The molecule has 0 bridgehead atoms. The number of halogens is 3. The van der Waals surface area contributed by atoms with Crippen LogP contribution in [0.25, 0.3) is 0 Å². The molecular formula is C10H8BrClFNO. The second kappa shape index (κ2) is 4.49. The number of nitrogens with zero attached hydrogens (tertiary/aromatic N) is 1. The van der Waals surface area contributed by atoms with Crippen molar-refractivity contribution in [1.82, 2.24) is 0 Å². The minimum atomic E-state index is -0.361. The summed E-state index contributed by atoms with van der Waals surface area (Å²) in [6.07, 6.45) is 0.544. The maximum absolute atomic E-state index is 13.5. The van der Waals surface area contributed by atoms with Crippen molar-refractivity contribution in [3.8, 4) is 0 Å². The van der Waals surface area contributed by atoms with E-state index in [-0.39, 0.29) is 11.9 Å². The molecule has 1 atom stereocenters. The Morgan fingerprint density at radius 2 is 2.40 bits per heavy atom. The lowest BCUT2D eigenvalue weighted by Gasteiger charge is -2.04. The number of alkyl halides is 1. The Balaban J connectivity index is 2.31. The quantitative estimate of drug-likeness (QED) is 0.766. The first kappa shape index (κ1) is 10.9. The van der Waals surface area contributed by atoms with E-state index < -0.39 is 0 Å². The van der Waals surface area contributed by atoms with Crippen LogP contribution in [-0.4, -0.2) is 17.1 Å². The van der Waals surface area contributed by atoms with E-state index in [0.717, 1.165) is 0 Å². The van der Waals surface area contributed by atoms with Crippen LogP contribution in [0.3, 0.4) is 0 Å². The van der Waals surface area contributed by atoms with Crippen LogP contribution in [0.2, 0.25) is 5.02 Å². The van der Waals surface area contributed by atoms with Gasteiger partial charge in [-0.3, -0.25) is 0 Å². The standard InChI is InChI=1S/C10H8BrClFNO/c11-5-6-4-9(14-15-6)10-7(12)2-1-3-8(10)13/h1-3,6H,4-5H2. The third-order valence-electron chi connectivity index (χ3n) is 2.16. The molecular weight excluding hydrogens is 284 g/mol. The summed E-state index contributed by atoms with van der Waals surface area (Å²) in [6.45, 7) is 0. The zero-order valence-electron chi connectivity index (χ0n) is 7.71. The van der Waals surface area contributed by atoms with Crippen molar-refractivity contribution >= 4 is 33.2 Å². The molecule has 0 fully saturated rings. The van der Waals surface area contributed by atoms with Gasteiger partial charge in [0, 0.05) is 11.8 Å². The highest BCUT2D eigenvalue weighted by molar-refractivity contribution is 9.09. The SMILES string of the molecule is Fc1cccc(Cl)c1C1=NOC(CBr)C1. The van der Waals surface area contributed by atoms with E-state index in [1.165, 1.54) is 6.07 Å². The lowest BCUT2D eigenvalue weighted by atomic mass is 10.1. The lowest BCUT2D eigenvalue weighted by Crippen LogP contribution is -2.10. The van der Waals surface area contributed by atoms with Gasteiger partial charge in [0.15, 0.2) is 0 Å². The predicted octanol–water partition coefficient (Wildman–Crippen LogP) is 3.37. The molecule has 1 heterocycles. The molecule has 0 amide bonds. The van der Waals surface area contributed by atoms with E-state index in [0.29, 0.717) is 28.0 Å². The smallest absolute Gasteiger partial charge is 0.142 e. The van der Waals surface area contributed by atoms with Gasteiger partial charge in [-0.25, -0.2) is 4.39 Å². The number of hydrogen-bond donors (Lipinski definition) is 0. The van der Waals surface area contributed by atoms with Crippen molar-refractivity contribution < 1.29 is 9.23 Å². The van der Waals surface area contributed by atoms with Gasteiger partial charge in [0.25, 0.3) is 0 Å². The summed E-state index contributed by atoms with van der Waals surface area (Å²) in [5.74, 6) is -0.361. The normalized spacial score (nSPS) is 19.9. The molecule has 15 heavy (non-hydrogen) atoms. The van der Waals surface area contributed by atoms with Crippen LogP contribution in [0.4, 0.5) is 4.39 Å². The van der Waals surface area contributed by atoms with Crippen LogP contribution in [0, 0.1) is 5.82 Å². The molecule has 0 N–H and O–H groups in total. The highest BCUT2D eigenvalue weighted by atomic mass is 79.9. The zero-order chi connectivity index (χ0) is 10.8. The Morgan fingerprint density at radius 1 is 1.60 bits per heavy atom. The molecule has 1 unspecified atom stereocenters. The van der Waals surface area contributed by atoms with E-state index in [1.54, 1.807) is 12.1 Å². The lowest BCUT2D eigenvalue weighted by molar-refractivity contribution is 0.104. The van der Waals surface area contributed by atoms with E-state index in [9.17, 15) is 4.39 Å². The molecule has 2 nitrogen and oxygen atoms in total. The van der Waals surface area contributed by atoms with Crippen molar-refractivity contribution in [3.05, 3.63) is 34.6 Å². The summed E-state index contributed by atoms with van der Waals surface area (Å²) in [7, 11) is 0. The second-order valence-corrected chi connectivity index (χ2v) is 4.28. The van der Waals surface area contributed by atoms with E-state index in [4.69, 9.17) is 16.4 Å². The molecule has 0 radical (unpaired) electrons. The van der Waals surface area contributed by atoms with Crippen LogP contribution in [0.1, 0.15) is 12.0 Å². The number of oxime groups is 1. The summed E-state index contributed by atoms with van der Waals surface area (Å²) in [6, 6.07) is 4.58. The zero-order valence-corrected chi connectivity index (χ0v) is 10.1. The van der Waals surface area contributed by atoms with Gasteiger partial charge in [0.2, 0.25) is 0 Å². The molecule has 1 aromatic rings. The highest BCUT2D eigenvalue weighted by Crippen LogP contribution is 2.25. The van der Waals surface area contributed by atoms with Gasteiger partial charge in [-0.1, -0.05) is 38.8 Å². The molecule has 1 aliphatic rings. The van der Waals surface area contributed by atoms with Gasteiger partial charge >= 0.3 is 0 Å². The summed E-state index contributed by atoms with van der Waals surface area (Å²) in [5.41, 5.74) is 0.921. The van der Waals surface area contributed by atoms with Gasteiger partial charge < -0.3 is 4.84 Å². The van der Waals surface area contributed by atoms with Crippen LogP contribution in [0.15, 0.2) is 23.4 Å². The third-order valence-corrected chi connectivity index (χ3v) is 3.19. The Hall–Kier alpha value is -0.610. The van der Waals surface area contributed by atoms with Gasteiger partial charge in [-0.2, -0.15) is 0 Å². The predicted molar refractivity (Wildman–Crippen MR) is 61.2 cm³/mol. The third kappa shape index (κ3) is 2.16. The molecule has 80 valence electrons. The first-order valence-electron chi connectivity index (χ1n) is 4.45. The van der Waals surface area contributed by atoms with E-state index in [2.05, 4.69) is 21.1 Å². The average molecular weight is 293 g/mol. The molecule has 1 aliphatic heterocycles. The Bertz CT molecular complexity index is 390. The van der Waals surface area contributed by atoms with Gasteiger partial charge in [0.05, 0.1) is 16.3 Å². The summed E-state index contributed by atoms with van der Waals surface area (Å²) >= 11 is 9.20. The van der Waals surface area contributed by atoms with E-state index in [1.807, 2.05) is 0 Å². The molecule has 0 aromatic heterocycles. The van der Waals surface area contributed by atoms with Crippen LogP contribution in [-0.2, 0) is 4.84 Å². The van der Waals surface area contributed by atoms with Crippen LogP contribution >= 0.6 is 27.5 Å². The maximum Gasteiger partial charge on any atom is 0.142 e. The molecule has 5 heteroatoms. The van der Waals surface area contributed by atoms with Crippen LogP contribution < -0.4 is 0 Å². The molecule has 1 aromatic carbocycles. The fourth-order valence-electron chi connectivity index (χ4n) is 1.43. The van der Waals surface area contributed by atoms with Gasteiger partial charge in [0.1, 0.15) is 11.9 Å². The molecule has 0 saturated heterocycles. The average Bonchev–Trinajstić information content (AvgIpc) is 2.66. The fourth-order valence-corrected chi connectivity index (χ4v) is 2.05. The van der Waals surface area contributed by atoms with E-state index >= 15 is 0 Å². The van der Waals surface area contributed by atoms with Crippen LogP contribution in [0.5, 0.6) is 0 Å². The van der Waals surface area contributed by atoms with Crippen molar-refractivity contribution in [2.45, 2.75) is 12.5 Å². The summed E-state index contributed by atoms with van der Waals surface area (Å²) in [5, 5.41) is 4.88. The largest absolute Gasteiger partial charge is 0.391 e. The number of rotatable bonds is 2. The van der Waals surface area contributed by atoms with Gasteiger partial charge in [-0.05, 0) is 12.1 Å². The molecule has 2 rings (SSSR count). The molecule has 0 aliphatic carbocycles. The number of benzene rings is 1. The first-order valence-corrected chi connectivity index (χ1v) is 5.95. The topological polar surface area (TPSA) is 21.6 Å².